The lowest BCUT2D eigenvalue weighted by atomic mass is 10.2. The van der Waals surface area contributed by atoms with E-state index in [4.69, 9.17) is 5.11 Å². The van der Waals surface area contributed by atoms with Gasteiger partial charge in [0.15, 0.2) is 0 Å². The van der Waals surface area contributed by atoms with E-state index < -0.39 is 12.0 Å². The smallest absolute Gasteiger partial charge is 0.410 e. The van der Waals surface area contributed by atoms with Crippen LogP contribution in [-0.4, -0.2) is 43.5 Å². The van der Waals surface area contributed by atoms with Gasteiger partial charge in [0.05, 0.1) is 17.5 Å². The lowest BCUT2D eigenvalue weighted by Crippen LogP contribution is -2.26. The highest BCUT2D eigenvalue weighted by Gasteiger charge is 2.16. The highest BCUT2D eigenvalue weighted by Crippen LogP contribution is 2.23. The molecule has 0 atom stereocenters. The van der Waals surface area contributed by atoms with Crippen LogP contribution in [-0.2, 0) is 0 Å². The maximum absolute atomic E-state index is 13.4. The van der Waals surface area contributed by atoms with Gasteiger partial charge in [-0.05, 0) is 30.3 Å². The van der Waals surface area contributed by atoms with Crippen molar-refractivity contribution in [3.05, 3.63) is 72.7 Å². The molecule has 0 radical (unpaired) electrons. The molecule has 2 amide bonds. The van der Waals surface area contributed by atoms with Crippen molar-refractivity contribution in [1.82, 2.24) is 19.4 Å². The number of halogens is 1. The molecule has 9 nitrogen and oxygen atoms in total. The molecule has 0 aromatic carbocycles. The molecule has 0 aliphatic carbocycles. The Hall–Kier alpha value is -4.34. The highest BCUT2D eigenvalue weighted by molar-refractivity contribution is 6.05. The third-order valence-electron chi connectivity index (χ3n) is 4.45. The van der Waals surface area contributed by atoms with Crippen molar-refractivity contribution in [1.29, 1.82) is 0 Å². The van der Waals surface area contributed by atoms with Gasteiger partial charge in [-0.2, -0.15) is 4.39 Å². The number of pyridine rings is 3. The van der Waals surface area contributed by atoms with Crippen molar-refractivity contribution in [2.75, 3.05) is 17.3 Å². The van der Waals surface area contributed by atoms with Crippen LogP contribution in [0.5, 0.6) is 0 Å². The van der Waals surface area contributed by atoms with Gasteiger partial charge in [0.1, 0.15) is 11.5 Å². The average molecular weight is 406 g/mol. The molecule has 150 valence electrons. The number of carbonyl (C=O) groups excluding carboxylic acids is 1. The maximum Gasteiger partial charge on any atom is 0.410 e. The highest BCUT2D eigenvalue weighted by atomic mass is 19.1. The van der Waals surface area contributed by atoms with Crippen LogP contribution in [0.3, 0.4) is 0 Å². The lowest BCUT2D eigenvalue weighted by Gasteiger charge is -2.17. The number of hydrogen-bond acceptors (Lipinski definition) is 5. The van der Waals surface area contributed by atoms with E-state index in [1.807, 2.05) is 0 Å². The van der Waals surface area contributed by atoms with Crippen LogP contribution in [0.1, 0.15) is 10.4 Å². The summed E-state index contributed by atoms with van der Waals surface area (Å²) < 4.78 is 15.1. The average Bonchev–Trinajstić information content (AvgIpc) is 3.16. The number of hydrogen-bond donors (Lipinski definition) is 2. The Morgan fingerprint density at radius 3 is 2.63 bits per heavy atom. The summed E-state index contributed by atoms with van der Waals surface area (Å²) in [6.07, 6.45) is 4.87. The second-order valence-electron chi connectivity index (χ2n) is 6.35. The molecule has 4 heterocycles. The second kappa shape index (κ2) is 7.59. The van der Waals surface area contributed by atoms with E-state index in [9.17, 15) is 14.0 Å². The van der Waals surface area contributed by atoms with Crippen molar-refractivity contribution in [2.24, 2.45) is 0 Å². The number of nitrogens with one attached hydrogen (secondary N) is 1. The standard InChI is InChI=1S/C20H15FN6O3/c1-26(14-6-7-22-16(21)8-14)19(28)13-3-5-18-24-10-15(27(18)11-13)12-2-4-17(23-9-12)25-20(29)30/h2-11H,1H3,(H,23,25)(H,29,30). The van der Waals surface area contributed by atoms with Gasteiger partial charge in [0, 0.05) is 43.0 Å². The zero-order chi connectivity index (χ0) is 21.3. The van der Waals surface area contributed by atoms with Crippen molar-refractivity contribution in [3.63, 3.8) is 0 Å². The summed E-state index contributed by atoms with van der Waals surface area (Å²) in [5.41, 5.74) is 2.73. The molecule has 0 aliphatic heterocycles. The Morgan fingerprint density at radius 2 is 1.93 bits per heavy atom. The first-order valence-corrected chi connectivity index (χ1v) is 8.75. The number of fused-ring (bicyclic) bond motifs is 1. The van der Waals surface area contributed by atoms with Crippen molar-refractivity contribution in [2.45, 2.75) is 0 Å². The molecular formula is C20H15FN6O3. The monoisotopic (exact) mass is 406 g/mol. The first-order chi connectivity index (χ1) is 14.4. The first-order valence-electron chi connectivity index (χ1n) is 8.75. The minimum atomic E-state index is -1.20. The maximum atomic E-state index is 13.4. The summed E-state index contributed by atoms with van der Waals surface area (Å²) in [4.78, 5) is 36.8. The normalized spacial score (nSPS) is 10.7. The molecule has 10 heteroatoms. The Bertz CT molecular complexity index is 1260. The van der Waals surface area contributed by atoms with Gasteiger partial charge in [-0.3, -0.25) is 14.5 Å². The topological polar surface area (TPSA) is 113 Å². The molecule has 0 spiro atoms. The van der Waals surface area contributed by atoms with Crippen LogP contribution in [0.2, 0.25) is 0 Å². The predicted molar refractivity (Wildman–Crippen MR) is 107 cm³/mol. The van der Waals surface area contributed by atoms with Crippen LogP contribution < -0.4 is 10.2 Å². The van der Waals surface area contributed by atoms with Gasteiger partial charge in [-0.15, -0.1) is 0 Å². The van der Waals surface area contributed by atoms with Gasteiger partial charge < -0.3 is 10.0 Å². The molecule has 0 saturated carbocycles. The molecule has 0 aliphatic rings. The summed E-state index contributed by atoms with van der Waals surface area (Å²) in [6, 6.07) is 9.29. The second-order valence-corrected chi connectivity index (χ2v) is 6.35. The van der Waals surface area contributed by atoms with E-state index >= 15 is 0 Å². The van der Waals surface area contributed by atoms with Crippen molar-refractivity contribution in [3.8, 4) is 11.3 Å². The van der Waals surface area contributed by atoms with Crippen molar-refractivity contribution < 1.29 is 19.1 Å². The summed E-state index contributed by atoms with van der Waals surface area (Å²) in [7, 11) is 1.55. The summed E-state index contributed by atoms with van der Waals surface area (Å²) in [5, 5.41) is 10.9. The molecule has 4 aromatic rings. The van der Waals surface area contributed by atoms with Crippen LogP contribution in [0.25, 0.3) is 16.9 Å². The molecule has 0 unspecified atom stereocenters. The van der Waals surface area contributed by atoms with Gasteiger partial charge >= 0.3 is 6.09 Å². The predicted octanol–water partition coefficient (Wildman–Crippen LogP) is 3.30. The van der Waals surface area contributed by atoms with Crippen LogP contribution in [0, 0.1) is 5.95 Å². The van der Waals surface area contributed by atoms with Gasteiger partial charge in [0.25, 0.3) is 5.91 Å². The number of nitrogens with zero attached hydrogens (tertiary/aromatic N) is 5. The Kier molecular flexibility index (Phi) is 4.80. The van der Waals surface area contributed by atoms with Crippen molar-refractivity contribution >= 4 is 29.2 Å². The first kappa shape index (κ1) is 19.0. The number of imidazole rings is 1. The van der Waals surface area contributed by atoms with Crippen LogP contribution in [0.15, 0.2) is 61.2 Å². The fourth-order valence-electron chi connectivity index (χ4n) is 2.96. The van der Waals surface area contributed by atoms with Gasteiger partial charge in [0.2, 0.25) is 5.95 Å². The molecule has 0 saturated heterocycles. The fourth-order valence-corrected chi connectivity index (χ4v) is 2.96. The fraction of sp³-hybridized carbons (Fsp3) is 0.0500. The molecule has 4 rings (SSSR count). The summed E-state index contributed by atoms with van der Waals surface area (Å²) in [6.45, 7) is 0. The number of anilines is 2. The van der Waals surface area contributed by atoms with Gasteiger partial charge in [-0.25, -0.2) is 19.7 Å². The number of aromatic nitrogens is 4. The third-order valence-corrected chi connectivity index (χ3v) is 4.45. The molecule has 0 bridgehead atoms. The van der Waals surface area contributed by atoms with E-state index in [-0.39, 0.29) is 11.7 Å². The summed E-state index contributed by atoms with van der Waals surface area (Å²) in [5.74, 6) is -0.809. The summed E-state index contributed by atoms with van der Waals surface area (Å²) >= 11 is 0. The molecule has 2 N–H and O–H groups in total. The van der Waals surface area contributed by atoms with E-state index in [0.29, 0.717) is 28.2 Å². The van der Waals surface area contributed by atoms with E-state index in [1.165, 1.54) is 29.4 Å². The largest absolute Gasteiger partial charge is 0.465 e. The minimum absolute atomic E-state index is 0.196. The zero-order valence-corrected chi connectivity index (χ0v) is 15.7. The van der Waals surface area contributed by atoms with Crippen LogP contribution >= 0.6 is 0 Å². The lowest BCUT2D eigenvalue weighted by molar-refractivity contribution is 0.0992. The quantitative estimate of drug-likeness (QED) is 0.503. The Labute approximate surface area is 169 Å². The number of carbonyl (C=O) groups is 2. The molecule has 30 heavy (non-hydrogen) atoms. The number of rotatable bonds is 4. The van der Waals surface area contributed by atoms with E-state index in [2.05, 4.69) is 20.3 Å². The van der Waals surface area contributed by atoms with E-state index in [1.54, 1.807) is 48.1 Å². The number of amides is 2. The molecular weight excluding hydrogens is 391 g/mol. The number of carboxylic acid groups (broad SMARTS) is 1. The zero-order valence-electron chi connectivity index (χ0n) is 15.7. The molecule has 4 aromatic heterocycles. The Balaban J connectivity index is 1.67. The molecule has 0 fully saturated rings. The SMILES string of the molecule is CN(C(=O)c1ccc2ncc(-c3ccc(NC(=O)O)nc3)n2c1)c1ccnc(F)c1. The van der Waals surface area contributed by atoms with Gasteiger partial charge in [-0.1, -0.05) is 0 Å². The Morgan fingerprint density at radius 1 is 1.10 bits per heavy atom. The minimum Gasteiger partial charge on any atom is -0.465 e. The van der Waals surface area contributed by atoms with E-state index in [0.717, 1.165) is 0 Å². The third kappa shape index (κ3) is 3.65. The van der Waals surface area contributed by atoms with Crippen LogP contribution in [0.4, 0.5) is 20.7 Å².